The molecule has 1 atom stereocenters. The molecule has 0 radical (unpaired) electrons. The summed E-state index contributed by atoms with van der Waals surface area (Å²) < 4.78 is 38.8. The first-order valence-electron chi connectivity index (χ1n) is 10.1. The molecule has 0 saturated carbocycles. The van der Waals surface area contributed by atoms with Crippen molar-refractivity contribution < 1.29 is 17.7 Å². The van der Waals surface area contributed by atoms with E-state index in [9.17, 15) is 8.42 Å². The summed E-state index contributed by atoms with van der Waals surface area (Å²) in [6, 6.07) is 14.5. The summed E-state index contributed by atoms with van der Waals surface area (Å²) in [5.74, 6) is 1.46. The van der Waals surface area contributed by atoms with E-state index in [-0.39, 0.29) is 5.92 Å². The van der Waals surface area contributed by atoms with Crippen LogP contribution in [0.25, 0.3) is 11.4 Å². The molecule has 0 aliphatic carbocycles. The molecule has 0 bridgehead atoms. The molecule has 1 aromatic heterocycles. The van der Waals surface area contributed by atoms with Crippen LogP contribution in [0, 0.1) is 6.92 Å². The minimum atomic E-state index is -3.56. The van der Waals surface area contributed by atoms with Gasteiger partial charge >= 0.3 is 0 Å². The third-order valence-electron chi connectivity index (χ3n) is 5.26. The molecule has 0 amide bonds. The van der Waals surface area contributed by atoms with Gasteiger partial charge in [-0.3, -0.25) is 0 Å². The lowest BCUT2D eigenvalue weighted by atomic mass is 10.00. The van der Waals surface area contributed by atoms with Crippen molar-refractivity contribution in [1.29, 1.82) is 0 Å². The number of benzene rings is 2. The fourth-order valence-electron chi connectivity index (χ4n) is 3.66. The van der Waals surface area contributed by atoms with E-state index in [1.54, 1.807) is 12.1 Å². The standard InChI is InChI=1S/C22H25N3O4S/c1-3-28-20-9-5-4-8-19(20)21-23-22(29-24-21)17-7-6-14-25(15-17)30(26,27)18-12-10-16(2)11-13-18/h4-5,8-13,17H,3,6-7,14-15H2,1-2H3/t17-/m1/s1. The van der Waals surface area contributed by atoms with Crippen LogP contribution in [0.15, 0.2) is 57.9 Å². The molecule has 4 rings (SSSR count). The number of ether oxygens (including phenoxy) is 1. The van der Waals surface area contributed by atoms with Gasteiger partial charge in [0, 0.05) is 13.1 Å². The maximum atomic E-state index is 13.1. The highest BCUT2D eigenvalue weighted by molar-refractivity contribution is 7.89. The lowest BCUT2D eigenvalue weighted by molar-refractivity contribution is 0.265. The molecule has 7 nitrogen and oxygen atoms in total. The topological polar surface area (TPSA) is 85.5 Å². The number of para-hydroxylation sites is 1. The zero-order chi connectivity index (χ0) is 21.1. The molecule has 1 aliphatic rings. The molecule has 8 heteroatoms. The van der Waals surface area contributed by atoms with Gasteiger partial charge in [0.15, 0.2) is 0 Å². The van der Waals surface area contributed by atoms with Crippen molar-refractivity contribution in [3.05, 3.63) is 60.0 Å². The van der Waals surface area contributed by atoms with Crippen LogP contribution in [-0.4, -0.2) is 42.6 Å². The average Bonchev–Trinajstić information content (AvgIpc) is 3.25. The van der Waals surface area contributed by atoms with E-state index in [1.807, 2.05) is 50.2 Å². The Morgan fingerprint density at radius 2 is 1.93 bits per heavy atom. The Hall–Kier alpha value is -2.71. The highest BCUT2D eigenvalue weighted by Crippen LogP contribution is 2.32. The van der Waals surface area contributed by atoms with E-state index in [4.69, 9.17) is 9.26 Å². The first-order valence-corrected chi connectivity index (χ1v) is 11.6. The smallest absolute Gasteiger partial charge is 0.243 e. The van der Waals surface area contributed by atoms with Gasteiger partial charge in [-0.05, 0) is 51.0 Å². The number of aryl methyl sites for hydroxylation is 1. The molecule has 2 aromatic carbocycles. The van der Waals surface area contributed by atoms with Gasteiger partial charge in [0.2, 0.25) is 21.7 Å². The Morgan fingerprint density at radius 1 is 1.17 bits per heavy atom. The average molecular weight is 428 g/mol. The quantitative estimate of drug-likeness (QED) is 0.591. The van der Waals surface area contributed by atoms with E-state index in [0.717, 1.165) is 24.0 Å². The van der Waals surface area contributed by atoms with Crippen LogP contribution in [0.3, 0.4) is 0 Å². The van der Waals surface area contributed by atoms with Crippen LogP contribution in [0.5, 0.6) is 5.75 Å². The van der Waals surface area contributed by atoms with Gasteiger partial charge in [0.05, 0.1) is 23.0 Å². The molecular formula is C22H25N3O4S. The Labute approximate surface area is 176 Å². The summed E-state index contributed by atoms with van der Waals surface area (Å²) in [4.78, 5) is 4.88. The lowest BCUT2D eigenvalue weighted by Gasteiger charge is -2.30. The Morgan fingerprint density at radius 3 is 2.70 bits per heavy atom. The van der Waals surface area contributed by atoms with Gasteiger partial charge < -0.3 is 9.26 Å². The predicted molar refractivity (Wildman–Crippen MR) is 113 cm³/mol. The number of hydrogen-bond donors (Lipinski definition) is 0. The Balaban J connectivity index is 1.55. The molecule has 1 saturated heterocycles. The molecule has 3 aromatic rings. The molecule has 0 spiro atoms. The zero-order valence-electron chi connectivity index (χ0n) is 17.1. The third-order valence-corrected chi connectivity index (χ3v) is 7.14. The van der Waals surface area contributed by atoms with E-state index in [2.05, 4.69) is 10.1 Å². The Kier molecular flexibility index (Phi) is 5.87. The molecule has 0 N–H and O–H groups in total. The largest absolute Gasteiger partial charge is 0.493 e. The van der Waals surface area contributed by atoms with E-state index in [0.29, 0.717) is 42.1 Å². The van der Waals surface area contributed by atoms with Crippen molar-refractivity contribution >= 4 is 10.0 Å². The minimum absolute atomic E-state index is 0.139. The van der Waals surface area contributed by atoms with Crippen LogP contribution < -0.4 is 4.74 Å². The zero-order valence-corrected chi connectivity index (χ0v) is 17.9. The number of aromatic nitrogens is 2. The molecule has 158 valence electrons. The number of rotatable bonds is 6. The fraction of sp³-hybridized carbons (Fsp3) is 0.364. The minimum Gasteiger partial charge on any atom is -0.493 e. The molecule has 2 heterocycles. The van der Waals surface area contributed by atoms with Crippen LogP contribution in [0.2, 0.25) is 0 Å². The molecule has 1 aliphatic heterocycles. The van der Waals surface area contributed by atoms with Gasteiger partial charge in [-0.15, -0.1) is 0 Å². The van der Waals surface area contributed by atoms with Crippen molar-refractivity contribution in [2.75, 3.05) is 19.7 Å². The van der Waals surface area contributed by atoms with E-state index >= 15 is 0 Å². The maximum absolute atomic E-state index is 13.1. The second kappa shape index (κ2) is 8.57. The summed E-state index contributed by atoms with van der Waals surface area (Å²) in [5.41, 5.74) is 1.78. The summed E-state index contributed by atoms with van der Waals surface area (Å²) in [5, 5.41) is 4.13. The summed E-state index contributed by atoms with van der Waals surface area (Å²) >= 11 is 0. The van der Waals surface area contributed by atoms with Gasteiger partial charge in [-0.25, -0.2) is 8.42 Å². The molecular weight excluding hydrogens is 402 g/mol. The summed E-state index contributed by atoms with van der Waals surface area (Å²) in [7, 11) is -3.56. The number of sulfonamides is 1. The van der Waals surface area contributed by atoms with E-state index < -0.39 is 10.0 Å². The predicted octanol–water partition coefficient (Wildman–Crippen LogP) is 4.01. The van der Waals surface area contributed by atoms with E-state index in [1.165, 1.54) is 4.31 Å². The molecule has 30 heavy (non-hydrogen) atoms. The lowest BCUT2D eigenvalue weighted by Crippen LogP contribution is -2.39. The van der Waals surface area contributed by atoms with Gasteiger partial charge in [-0.2, -0.15) is 9.29 Å². The van der Waals surface area contributed by atoms with Crippen molar-refractivity contribution in [2.45, 2.75) is 37.5 Å². The first kappa shape index (κ1) is 20.6. The first-order chi connectivity index (χ1) is 14.5. The van der Waals surface area contributed by atoms with Gasteiger partial charge in [0.1, 0.15) is 5.75 Å². The summed E-state index contributed by atoms with van der Waals surface area (Å²) in [6.07, 6.45) is 1.54. The van der Waals surface area contributed by atoms with Crippen molar-refractivity contribution in [2.24, 2.45) is 0 Å². The molecule has 0 unspecified atom stereocenters. The van der Waals surface area contributed by atoms with Crippen molar-refractivity contribution in [1.82, 2.24) is 14.4 Å². The van der Waals surface area contributed by atoms with Crippen molar-refractivity contribution in [3.63, 3.8) is 0 Å². The normalized spacial score (nSPS) is 17.7. The van der Waals surface area contributed by atoms with Crippen LogP contribution in [-0.2, 0) is 10.0 Å². The number of nitrogens with zero attached hydrogens (tertiary/aromatic N) is 3. The van der Waals surface area contributed by atoms with Gasteiger partial charge in [-0.1, -0.05) is 35.0 Å². The van der Waals surface area contributed by atoms with Crippen LogP contribution in [0.1, 0.15) is 37.1 Å². The second-order valence-electron chi connectivity index (χ2n) is 7.40. The SMILES string of the molecule is CCOc1ccccc1-c1noc([C@@H]2CCCN(S(=O)(=O)c3ccc(C)cc3)C2)n1. The third kappa shape index (κ3) is 4.11. The fourth-order valence-corrected chi connectivity index (χ4v) is 5.19. The van der Waals surface area contributed by atoms with Crippen LogP contribution >= 0.6 is 0 Å². The number of hydrogen-bond acceptors (Lipinski definition) is 6. The molecule has 1 fully saturated rings. The highest BCUT2D eigenvalue weighted by atomic mass is 32.2. The number of piperidine rings is 1. The highest BCUT2D eigenvalue weighted by Gasteiger charge is 2.33. The van der Waals surface area contributed by atoms with Crippen molar-refractivity contribution in [3.8, 4) is 17.1 Å². The van der Waals surface area contributed by atoms with Crippen LogP contribution in [0.4, 0.5) is 0 Å². The Bertz CT molecular complexity index is 1110. The second-order valence-corrected chi connectivity index (χ2v) is 9.34. The van der Waals surface area contributed by atoms with Gasteiger partial charge in [0.25, 0.3) is 0 Å². The maximum Gasteiger partial charge on any atom is 0.243 e. The summed E-state index contributed by atoms with van der Waals surface area (Å²) in [6.45, 7) is 5.20. The monoisotopic (exact) mass is 427 g/mol.